The zero-order valence-electron chi connectivity index (χ0n) is 17.8. The molecular formula is C23H24Cl2N4O3S. The van der Waals surface area contributed by atoms with Crippen molar-refractivity contribution in [3.05, 3.63) is 64.8 Å². The van der Waals surface area contributed by atoms with Crippen LogP contribution in [0.1, 0.15) is 12.8 Å². The summed E-state index contributed by atoms with van der Waals surface area (Å²) in [7, 11) is -3.66. The van der Waals surface area contributed by atoms with Gasteiger partial charge in [0, 0.05) is 53.5 Å². The molecule has 0 unspecified atom stereocenters. The highest BCUT2D eigenvalue weighted by molar-refractivity contribution is 7.89. The standard InChI is InChI=1S/C23H24Cl2N4O3S/c24-17-3-6-19(7-4-17)33(31,32)29-13-1-2-16(15-29)23(30)28-12-11-27-21-9-10-26-22-14-18(25)5-8-20(21)22/h3-10,14,16H,1-2,11-13,15H2,(H,26,27)(H,28,30)/t16-/m0/s1. The number of halogens is 2. The van der Waals surface area contributed by atoms with E-state index in [9.17, 15) is 13.2 Å². The number of rotatable bonds is 7. The number of benzene rings is 2. The molecule has 0 bridgehead atoms. The lowest BCUT2D eigenvalue weighted by molar-refractivity contribution is -0.125. The average Bonchev–Trinajstić information content (AvgIpc) is 2.82. The zero-order chi connectivity index (χ0) is 23.4. The van der Waals surface area contributed by atoms with Crippen LogP contribution < -0.4 is 10.6 Å². The molecule has 7 nitrogen and oxygen atoms in total. The first-order chi connectivity index (χ1) is 15.8. The van der Waals surface area contributed by atoms with Crippen molar-refractivity contribution in [3.8, 4) is 0 Å². The number of nitrogens with zero attached hydrogens (tertiary/aromatic N) is 2. The minimum Gasteiger partial charge on any atom is -0.383 e. The summed E-state index contributed by atoms with van der Waals surface area (Å²) in [4.78, 5) is 17.2. The normalized spacial score (nSPS) is 17.1. The van der Waals surface area contributed by atoms with E-state index in [4.69, 9.17) is 23.2 Å². The van der Waals surface area contributed by atoms with E-state index in [1.807, 2.05) is 18.2 Å². The molecule has 1 atom stereocenters. The van der Waals surface area contributed by atoms with Crippen molar-refractivity contribution in [2.24, 2.45) is 5.92 Å². The van der Waals surface area contributed by atoms with Crippen LogP contribution in [0, 0.1) is 5.92 Å². The molecule has 1 amide bonds. The van der Waals surface area contributed by atoms with Crippen LogP contribution >= 0.6 is 23.2 Å². The average molecular weight is 507 g/mol. The maximum atomic E-state index is 12.9. The number of anilines is 1. The van der Waals surface area contributed by atoms with Gasteiger partial charge in [-0.15, -0.1) is 0 Å². The molecule has 10 heteroatoms. The lowest BCUT2D eigenvalue weighted by Gasteiger charge is -2.31. The summed E-state index contributed by atoms with van der Waals surface area (Å²) in [5.74, 6) is -0.524. The van der Waals surface area contributed by atoms with E-state index in [0.717, 1.165) is 16.6 Å². The van der Waals surface area contributed by atoms with Gasteiger partial charge >= 0.3 is 0 Å². The largest absolute Gasteiger partial charge is 0.383 e. The Balaban J connectivity index is 1.31. The first-order valence-electron chi connectivity index (χ1n) is 10.7. The molecule has 1 fully saturated rings. The Bertz CT molecular complexity index is 1250. The summed E-state index contributed by atoms with van der Waals surface area (Å²) in [5, 5.41) is 8.28. The third-order valence-electron chi connectivity index (χ3n) is 5.65. The Labute approximate surface area is 203 Å². The molecule has 0 aliphatic carbocycles. The molecule has 1 aliphatic rings. The summed E-state index contributed by atoms with van der Waals surface area (Å²) < 4.78 is 27.3. The number of sulfonamides is 1. The number of nitrogens with one attached hydrogen (secondary N) is 2. The van der Waals surface area contributed by atoms with Gasteiger partial charge in [-0.05, 0) is 61.4 Å². The third-order valence-corrected chi connectivity index (χ3v) is 8.02. The predicted molar refractivity (Wildman–Crippen MR) is 131 cm³/mol. The third kappa shape index (κ3) is 5.58. The van der Waals surface area contributed by atoms with Gasteiger partial charge in [0.25, 0.3) is 0 Å². The topological polar surface area (TPSA) is 91.4 Å². The molecule has 33 heavy (non-hydrogen) atoms. The minimum atomic E-state index is -3.66. The fourth-order valence-electron chi connectivity index (χ4n) is 3.93. The predicted octanol–water partition coefficient (Wildman–Crippen LogP) is 4.17. The van der Waals surface area contributed by atoms with Gasteiger partial charge < -0.3 is 10.6 Å². The number of fused-ring (bicyclic) bond motifs is 1. The Morgan fingerprint density at radius 2 is 1.82 bits per heavy atom. The maximum absolute atomic E-state index is 12.9. The Morgan fingerprint density at radius 1 is 1.06 bits per heavy atom. The first kappa shape index (κ1) is 23.8. The summed E-state index contributed by atoms with van der Waals surface area (Å²) >= 11 is 11.9. The Hall–Kier alpha value is -2.39. The molecule has 2 N–H and O–H groups in total. The van der Waals surface area contributed by atoms with Crippen LogP contribution in [0.25, 0.3) is 10.9 Å². The number of amides is 1. The fraction of sp³-hybridized carbons (Fsp3) is 0.304. The molecule has 1 aromatic heterocycles. The number of pyridine rings is 1. The van der Waals surface area contributed by atoms with Gasteiger partial charge in [0.2, 0.25) is 15.9 Å². The monoisotopic (exact) mass is 506 g/mol. The van der Waals surface area contributed by atoms with Crippen LogP contribution in [0.4, 0.5) is 5.69 Å². The zero-order valence-corrected chi connectivity index (χ0v) is 20.1. The van der Waals surface area contributed by atoms with Gasteiger partial charge in [0.15, 0.2) is 0 Å². The van der Waals surface area contributed by atoms with Crippen LogP contribution in [0.15, 0.2) is 59.6 Å². The molecule has 0 saturated carbocycles. The highest BCUT2D eigenvalue weighted by Crippen LogP contribution is 2.26. The molecule has 2 heterocycles. The number of hydrogen-bond donors (Lipinski definition) is 2. The van der Waals surface area contributed by atoms with Crippen LogP contribution in [0.3, 0.4) is 0 Å². The van der Waals surface area contributed by atoms with Crippen LogP contribution in [0.2, 0.25) is 10.0 Å². The van der Waals surface area contributed by atoms with Crippen molar-refractivity contribution < 1.29 is 13.2 Å². The van der Waals surface area contributed by atoms with Gasteiger partial charge in [0.1, 0.15) is 0 Å². The first-order valence-corrected chi connectivity index (χ1v) is 12.9. The summed E-state index contributed by atoms with van der Waals surface area (Å²) in [6.07, 6.45) is 2.99. The van der Waals surface area contributed by atoms with Crippen molar-refractivity contribution in [2.75, 3.05) is 31.5 Å². The Kier molecular flexibility index (Phi) is 7.38. The summed E-state index contributed by atoms with van der Waals surface area (Å²) in [6.45, 7) is 1.50. The van der Waals surface area contributed by atoms with Crippen molar-refractivity contribution in [1.82, 2.24) is 14.6 Å². The summed E-state index contributed by atoms with van der Waals surface area (Å²) in [6, 6.07) is 13.5. The second-order valence-corrected chi connectivity index (χ2v) is 10.7. The van der Waals surface area contributed by atoms with Gasteiger partial charge in [0.05, 0.1) is 16.3 Å². The summed E-state index contributed by atoms with van der Waals surface area (Å²) in [5.41, 5.74) is 1.70. The van der Waals surface area contributed by atoms with E-state index >= 15 is 0 Å². The number of piperidine rings is 1. The van der Waals surface area contributed by atoms with Crippen molar-refractivity contribution in [3.63, 3.8) is 0 Å². The van der Waals surface area contributed by atoms with E-state index in [2.05, 4.69) is 15.6 Å². The van der Waals surface area contributed by atoms with Gasteiger partial charge in [-0.25, -0.2) is 8.42 Å². The van der Waals surface area contributed by atoms with Crippen LogP contribution in [-0.2, 0) is 14.8 Å². The highest BCUT2D eigenvalue weighted by atomic mass is 35.5. The molecule has 4 rings (SSSR count). The SMILES string of the molecule is O=C(NCCNc1ccnc2cc(Cl)ccc12)[C@H]1CCCN(S(=O)(=O)c2ccc(Cl)cc2)C1. The van der Waals surface area contributed by atoms with Crippen molar-refractivity contribution in [2.45, 2.75) is 17.7 Å². The smallest absolute Gasteiger partial charge is 0.243 e. The number of carbonyl (C=O) groups excluding carboxylic acids is 1. The van der Waals surface area contributed by atoms with Crippen molar-refractivity contribution >= 4 is 55.7 Å². The molecule has 2 aromatic carbocycles. The number of aromatic nitrogens is 1. The molecule has 0 spiro atoms. The van der Waals surface area contributed by atoms with E-state index in [1.165, 1.54) is 16.4 Å². The Morgan fingerprint density at radius 3 is 2.61 bits per heavy atom. The van der Waals surface area contributed by atoms with E-state index in [-0.39, 0.29) is 23.3 Å². The molecule has 174 valence electrons. The molecule has 3 aromatic rings. The second kappa shape index (κ2) is 10.3. The van der Waals surface area contributed by atoms with E-state index in [1.54, 1.807) is 24.4 Å². The highest BCUT2D eigenvalue weighted by Gasteiger charge is 2.33. The molecule has 1 aliphatic heterocycles. The quantitative estimate of drug-likeness (QED) is 0.469. The maximum Gasteiger partial charge on any atom is 0.243 e. The lowest BCUT2D eigenvalue weighted by atomic mass is 9.99. The molecule has 1 saturated heterocycles. The van der Waals surface area contributed by atoms with Gasteiger partial charge in [-0.1, -0.05) is 23.2 Å². The van der Waals surface area contributed by atoms with E-state index < -0.39 is 10.0 Å². The van der Waals surface area contributed by atoms with Crippen LogP contribution in [0.5, 0.6) is 0 Å². The van der Waals surface area contributed by atoms with E-state index in [0.29, 0.717) is 42.5 Å². The molecular weight excluding hydrogens is 483 g/mol. The number of hydrogen-bond acceptors (Lipinski definition) is 5. The van der Waals surface area contributed by atoms with Crippen LogP contribution in [-0.4, -0.2) is 49.8 Å². The second-order valence-electron chi connectivity index (χ2n) is 7.89. The fourth-order valence-corrected chi connectivity index (χ4v) is 5.75. The minimum absolute atomic E-state index is 0.140. The van der Waals surface area contributed by atoms with Gasteiger partial charge in [-0.3, -0.25) is 9.78 Å². The van der Waals surface area contributed by atoms with Gasteiger partial charge in [-0.2, -0.15) is 4.31 Å². The molecule has 0 radical (unpaired) electrons. The lowest BCUT2D eigenvalue weighted by Crippen LogP contribution is -2.46. The number of carbonyl (C=O) groups is 1. The van der Waals surface area contributed by atoms with Crippen molar-refractivity contribution in [1.29, 1.82) is 0 Å².